The van der Waals surface area contributed by atoms with Gasteiger partial charge in [-0.25, -0.2) is 0 Å². The molecule has 0 heterocycles. The van der Waals surface area contributed by atoms with E-state index in [1.807, 2.05) is 19.1 Å². The zero-order valence-electron chi connectivity index (χ0n) is 9.01. The Labute approximate surface area is 93.0 Å². The fourth-order valence-corrected chi connectivity index (χ4v) is 1.36. The first-order chi connectivity index (χ1) is 7.55. The highest BCUT2D eigenvalue weighted by Crippen LogP contribution is 2.31. The number of allylic oxidation sites excluding steroid dienone is 1. The molecule has 4 heteroatoms. The van der Waals surface area contributed by atoms with Crippen LogP contribution in [0.3, 0.4) is 0 Å². The Hall–Kier alpha value is -1.29. The molecule has 0 bridgehead atoms. The molecule has 0 saturated carbocycles. The van der Waals surface area contributed by atoms with Crippen molar-refractivity contribution in [3.05, 3.63) is 47.5 Å². The number of hydrogen-bond acceptors (Lipinski definition) is 1. The van der Waals surface area contributed by atoms with Crippen LogP contribution in [0.5, 0.6) is 0 Å². The molecule has 0 spiro atoms. The molecule has 0 amide bonds. The van der Waals surface area contributed by atoms with Gasteiger partial charge in [-0.2, -0.15) is 13.2 Å². The Kier molecular flexibility index (Phi) is 4.55. The van der Waals surface area contributed by atoms with Crippen LogP contribution in [-0.2, 0) is 12.7 Å². The van der Waals surface area contributed by atoms with E-state index < -0.39 is 11.7 Å². The van der Waals surface area contributed by atoms with Crippen LogP contribution < -0.4 is 5.32 Å². The average molecular weight is 229 g/mol. The van der Waals surface area contributed by atoms with E-state index in [0.29, 0.717) is 6.54 Å². The van der Waals surface area contributed by atoms with Crippen LogP contribution >= 0.6 is 0 Å². The molecule has 1 nitrogen and oxygen atoms in total. The maximum Gasteiger partial charge on any atom is 0.416 e. The molecule has 1 rings (SSSR count). The Morgan fingerprint density at radius 3 is 2.56 bits per heavy atom. The van der Waals surface area contributed by atoms with E-state index in [1.54, 1.807) is 6.07 Å². The Morgan fingerprint density at radius 1 is 1.25 bits per heavy atom. The number of nitrogens with one attached hydrogen (secondary N) is 1. The second kappa shape index (κ2) is 5.70. The summed E-state index contributed by atoms with van der Waals surface area (Å²) in [5, 5.41) is 2.93. The second-order valence-corrected chi connectivity index (χ2v) is 3.35. The first kappa shape index (κ1) is 12.8. The van der Waals surface area contributed by atoms with Crippen LogP contribution in [0.2, 0.25) is 0 Å². The van der Waals surface area contributed by atoms with Crippen molar-refractivity contribution in [2.75, 3.05) is 6.54 Å². The highest BCUT2D eigenvalue weighted by molar-refractivity contribution is 5.29. The van der Waals surface area contributed by atoms with Crippen LogP contribution in [0.15, 0.2) is 36.4 Å². The molecule has 0 aliphatic rings. The maximum atomic E-state index is 12.6. The van der Waals surface area contributed by atoms with Gasteiger partial charge in [-0.3, -0.25) is 0 Å². The monoisotopic (exact) mass is 229 g/mol. The normalized spacial score (nSPS) is 12.2. The molecule has 0 unspecified atom stereocenters. The van der Waals surface area contributed by atoms with Gasteiger partial charge in [0, 0.05) is 13.1 Å². The minimum Gasteiger partial charge on any atom is -0.309 e. The number of alkyl halides is 3. The molecule has 0 aromatic heterocycles. The summed E-state index contributed by atoms with van der Waals surface area (Å²) in [6, 6.07) is 5.61. The van der Waals surface area contributed by atoms with E-state index in [4.69, 9.17) is 0 Å². The summed E-state index contributed by atoms with van der Waals surface area (Å²) in [6.45, 7) is 2.66. The quantitative estimate of drug-likeness (QED) is 0.616. The van der Waals surface area contributed by atoms with Gasteiger partial charge in [0.25, 0.3) is 0 Å². The summed E-state index contributed by atoms with van der Waals surface area (Å²) in [7, 11) is 0. The molecule has 16 heavy (non-hydrogen) atoms. The standard InChI is InChI=1S/C12H14F3N/c1-2-3-8-16-9-10-6-4-5-7-11(10)12(13,14)15/h2-7,16H,8-9H2,1H3/b3-2+. The van der Waals surface area contributed by atoms with Crippen LogP contribution in [-0.4, -0.2) is 6.54 Å². The SMILES string of the molecule is C/C=C/CNCc1ccccc1C(F)(F)F. The van der Waals surface area contributed by atoms with E-state index in [0.717, 1.165) is 6.07 Å². The van der Waals surface area contributed by atoms with Crippen molar-refractivity contribution in [2.45, 2.75) is 19.6 Å². The van der Waals surface area contributed by atoms with Crippen LogP contribution in [0, 0.1) is 0 Å². The van der Waals surface area contributed by atoms with Gasteiger partial charge in [0.15, 0.2) is 0 Å². The number of halogens is 3. The summed E-state index contributed by atoms with van der Waals surface area (Å²) in [5.74, 6) is 0. The highest BCUT2D eigenvalue weighted by atomic mass is 19.4. The molecule has 1 aromatic carbocycles. The van der Waals surface area contributed by atoms with Crippen molar-refractivity contribution in [2.24, 2.45) is 0 Å². The lowest BCUT2D eigenvalue weighted by Gasteiger charge is -2.12. The van der Waals surface area contributed by atoms with Crippen molar-refractivity contribution < 1.29 is 13.2 Å². The lowest BCUT2D eigenvalue weighted by atomic mass is 10.1. The summed E-state index contributed by atoms with van der Waals surface area (Å²) < 4.78 is 37.7. The number of rotatable bonds is 4. The molecule has 0 saturated heterocycles. The van der Waals surface area contributed by atoms with Gasteiger partial charge in [-0.05, 0) is 18.6 Å². The van der Waals surface area contributed by atoms with Gasteiger partial charge in [-0.15, -0.1) is 0 Å². The van der Waals surface area contributed by atoms with E-state index in [-0.39, 0.29) is 12.1 Å². The number of benzene rings is 1. The summed E-state index contributed by atoms with van der Waals surface area (Å²) in [4.78, 5) is 0. The fourth-order valence-electron chi connectivity index (χ4n) is 1.36. The topological polar surface area (TPSA) is 12.0 Å². The zero-order valence-corrected chi connectivity index (χ0v) is 9.01. The van der Waals surface area contributed by atoms with E-state index >= 15 is 0 Å². The van der Waals surface area contributed by atoms with Crippen molar-refractivity contribution in [1.29, 1.82) is 0 Å². The zero-order chi connectivity index (χ0) is 12.0. The molecule has 0 aliphatic carbocycles. The third-order valence-electron chi connectivity index (χ3n) is 2.14. The largest absolute Gasteiger partial charge is 0.416 e. The molecule has 88 valence electrons. The summed E-state index contributed by atoms with van der Waals surface area (Å²) in [5.41, 5.74) is -0.289. The van der Waals surface area contributed by atoms with E-state index in [2.05, 4.69) is 5.32 Å². The predicted octanol–water partition coefficient (Wildman–Crippen LogP) is 3.37. The molecule has 1 aromatic rings. The molecule has 1 N–H and O–H groups in total. The summed E-state index contributed by atoms with van der Waals surface area (Å²) >= 11 is 0. The van der Waals surface area contributed by atoms with Gasteiger partial charge >= 0.3 is 6.18 Å². The van der Waals surface area contributed by atoms with Crippen LogP contribution in [0.4, 0.5) is 13.2 Å². The molecule has 0 radical (unpaired) electrons. The average Bonchev–Trinajstić information content (AvgIpc) is 2.24. The van der Waals surface area contributed by atoms with Crippen molar-refractivity contribution in [3.63, 3.8) is 0 Å². The molecule has 0 atom stereocenters. The molecule has 0 fully saturated rings. The molecular formula is C12H14F3N. The highest BCUT2D eigenvalue weighted by Gasteiger charge is 2.32. The minimum absolute atomic E-state index is 0.222. The Morgan fingerprint density at radius 2 is 1.94 bits per heavy atom. The van der Waals surface area contributed by atoms with Gasteiger partial charge in [0.05, 0.1) is 5.56 Å². The summed E-state index contributed by atoms with van der Waals surface area (Å²) in [6.07, 6.45) is -0.572. The van der Waals surface area contributed by atoms with Crippen molar-refractivity contribution >= 4 is 0 Å². The Balaban J connectivity index is 2.72. The predicted molar refractivity (Wildman–Crippen MR) is 58.0 cm³/mol. The first-order valence-corrected chi connectivity index (χ1v) is 5.02. The second-order valence-electron chi connectivity index (χ2n) is 3.35. The van der Waals surface area contributed by atoms with E-state index in [9.17, 15) is 13.2 Å². The third kappa shape index (κ3) is 3.70. The Bertz CT molecular complexity index is 356. The van der Waals surface area contributed by atoms with Crippen molar-refractivity contribution in [3.8, 4) is 0 Å². The van der Waals surface area contributed by atoms with Gasteiger partial charge in [0.1, 0.15) is 0 Å². The lowest BCUT2D eigenvalue weighted by Crippen LogP contribution is -2.17. The van der Waals surface area contributed by atoms with Gasteiger partial charge in [0.2, 0.25) is 0 Å². The maximum absolute atomic E-state index is 12.6. The molecular weight excluding hydrogens is 215 g/mol. The van der Waals surface area contributed by atoms with Crippen LogP contribution in [0.25, 0.3) is 0 Å². The lowest BCUT2D eigenvalue weighted by molar-refractivity contribution is -0.138. The van der Waals surface area contributed by atoms with Gasteiger partial charge < -0.3 is 5.32 Å². The number of hydrogen-bond donors (Lipinski definition) is 1. The van der Waals surface area contributed by atoms with Crippen molar-refractivity contribution in [1.82, 2.24) is 5.32 Å². The minimum atomic E-state index is -4.28. The fraction of sp³-hybridized carbons (Fsp3) is 0.333. The first-order valence-electron chi connectivity index (χ1n) is 5.02. The smallest absolute Gasteiger partial charge is 0.309 e. The third-order valence-corrected chi connectivity index (χ3v) is 2.14. The van der Waals surface area contributed by atoms with E-state index in [1.165, 1.54) is 12.1 Å². The van der Waals surface area contributed by atoms with Gasteiger partial charge in [-0.1, -0.05) is 30.4 Å². The van der Waals surface area contributed by atoms with Crippen LogP contribution in [0.1, 0.15) is 18.1 Å². The molecule has 0 aliphatic heterocycles.